The summed E-state index contributed by atoms with van der Waals surface area (Å²) < 4.78 is 16.9. The first kappa shape index (κ1) is 70.2. The molecule has 0 atom stereocenters. The molecule has 18 aromatic rings. The predicted octanol–water partition coefficient (Wildman–Crippen LogP) is 21.9. The second-order valence-corrected chi connectivity index (χ2v) is 27.8. The molecule has 1 aliphatic rings. The van der Waals surface area contributed by atoms with Crippen LogP contribution in [-0.4, -0.2) is 75.9 Å². The zero-order valence-corrected chi connectivity index (χ0v) is 61.1. The molecule has 1 saturated heterocycles. The highest BCUT2D eigenvalue weighted by Gasteiger charge is 2.51. The molecule has 12 nitrogen and oxygen atoms in total. The first-order valence-electron chi connectivity index (χ1n) is 36.0. The van der Waals surface area contributed by atoms with Gasteiger partial charge in [0.15, 0.2) is 29.1 Å². The van der Waals surface area contributed by atoms with Crippen LogP contribution in [0.25, 0.3) is 157 Å². The summed E-state index contributed by atoms with van der Waals surface area (Å²) in [4.78, 5) is 27.6. The maximum Gasteiger partial charge on any atom is 0.494 e. The molecular formula is C94H70B2ClN10O2. The lowest BCUT2D eigenvalue weighted by molar-refractivity contribution is 0.00578. The van der Waals surface area contributed by atoms with Crippen LogP contribution in [0.3, 0.4) is 0 Å². The number of nitrogens with zero attached hydrogens (tertiary/aromatic N) is 10. The minimum atomic E-state index is -0.401. The van der Waals surface area contributed by atoms with Crippen LogP contribution in [0.2, 0.25) is 5.28 Å². The third-order valence-electron chi connectivity index (χ3n) is 20.0. The average molecular weight is 1430 g/mol. The Bertz CT molecular complexity index is 6100. The van der Waals surface area contributed by atoms with Gasteiger partial charge in [0.25, 0.3) is 0 Å². The van der Waals surface area contributed by atoms with Gasteiger partial charge in [-0.25, -0.2) is 29.0 Å². The summed E-state index contributed by atoms with van der Waals surface area (Å²) in [5, 5.41) is 15.5. The second-order valence-electron chi connectivity index (χ2n) is 27.5. The van der Waals surface area contributed by atoms with Crippen LogP contribution in [-0.2, 0) is 9.31 Å². The maximum absolute atomic E-state index is 6.33. The van der Waals surface area contributed by atoms with Crippen molar-refractivity contribution in [1.29, 1.82) is 0 Å². The van der Waals surface area contributed by atoms with Crippen molar-refractivity contribution in [3.63, 3.8) is 0 Å². The molecule has 6 aromatic heterocycles. The number of aromatic nitrogens is 10. The summed E-state index contributed by atoms with van der Waals surface area (Å²) in [6.45, 7) is 8.34. The first-order valence-corrected chi connectivity index (χ1v) is 36.4. The molecule has 0 bridgehead atoms. The number of hydrogen-bond donors (Lipinski definition) is 0. The number of rotatable bonds is 12. The molecule has 0 aliphatic carbocycles. The lowest BCUT2D eigenvalue weighted by atomic mass is 9.78. The normalized spacial score (nSPS) is 12.8. The van der Waals surface area contributed by atoms with Crippen molar-refractivity contribution in [3.05, 3.63) is 357 Å². The monoisotopic (exact) mass is 1430 g/mol. The van der Waals surface area contributed by atoms with Crippen LogP contribution in [0, 0.1) is 0 Å². The van der Waals surface area contributed by atoms with Gasteiger partial charge < -0.3 is 9.31 Å². The van der Waals surface area contributed by atoms with E-state index >= 15 is 0 Å². The molecular weight excluding hydrogens is 1360 g/mol. The van der Waals surface area contributed by atoms with Gasteiger partial charge in [0.05, 0.1) is 33.6 Å². The van der Waals surface area contributed by atoms with E-state index in [1.807, 2.05) is 146 Å². The third kappa shape index (κ3) is 14.2. The van der Waals surface area contributed by atoms with Gasteiger partial charge in [-0.1, -0.05) is 340 Å². The highest BCUT2D eigenvalue weighted by atomic mass is 35.5. The standard InChI is InChI=1S/C44H29N5.C35H31BN2O2.C15H10ClN3.B/c1-5-15-30(16-6-1)38-29-36-23-13-14-24-37(36)41-39(40(48-49(38)41)32-17-7-2-8-18-32)31-25-27-35(28-26-31)44-46-42(33-19-9-3-10-20-33)45-43(47-44)34-21-11-4-12-22-34;1-34(2)35(3,4)40-36(39-34)28-21-19-25(20-22-28)31-32(26-15-9-6-10-16-26)37-38-30(24-13-7-5-8-14-24)23-27-17-11-12-18-29(27)33(31)38;16-15-18-13(11-7-3-1-4-8-11)17-14(19-15)12-9-5-2-6-10-12;/h1-29H;5-23H,1-4H3;1-10H;. The number of pyridine rings is 2. The Balaban J connectivity index is 0.000000135. The van der Waals surface area contributed by atoms with Crippen molar-refractivity contribution in [2.24, 2.45) is 0 Å². The first-order chi connectivity index (χ1) is 52.9. The Hall–Kier alpha value is -13.1. The van der Waals surface area contributed by atoms with Gasteiger partial charge >= 0.3 is 7.12 Å². The topological polar surface area (TPSA) is 130 Å². The van der Waals surface area contributed by atoms with Gasteiger partial charge in [0, 0.05) is 80.4 Å². The van der Waals surface area contributed by atoms with Crippen LogP contribution in [0.5, 0.6) is 0 Å². The Morgan fingerprint density at radius 1 is 0.284 bits per heavy atom. The van der Waals surface area contributed by atoms with Crippen LogP contribution < -0.4 is 5.46 Å². The fourth-order valence-corrected chi connectivity index (χ4v) is 14.0. The molecule has 12 aromatic carbocycles. The van der Waals surface area contributed by atoms with Gasteiger partial charge in [0.1, 0.15) is 11.4 Å². The van der Waals surface area contributed by atoms with Crippen LogP contribution in [0.15, 0.2) is 352 Å². The molecule has 1 fully saturated rings. The van der Waals surface area contributed by atoms with Crippen molar-refractivity contribution in [2.45, 2.75) is 38.9 Å². The highest BCUT2D eigenvalue weighted by Crippen LogP contribution is 2.44. The van der Waals surface area contributed by atoms with Crippen LogP contribution >= 0.6 is 11.6 Å². The average Bonchev–Trinajstić information content (AvgIpc) is 1.60. The summed E-state index contributed by atoms with van der Waals surface area (Å²) in [7, 11) is -0.401. The van der Waals surface area contributed by atoms with E-state index in [2.05, 4.69) is 258 Å². The minimum Gasteiger partial charge on any atom is -0.399 e. The van der Waals surface area contributed by atoms with Crippen molar-refractivity contribution >= 4 is 65.2 Å². The fraction of sp³-hybridized carbons (Fsp3) is 0.0638. The molecule has 7 heterocycles. The summed E-state index contributed by atoms with van der Waals surface area (Å²) in [5.74, 6) is 3.07. The smallest absolute Gasteiger partial charge is 0.399 e. The summed E-state index contributed by atoms with van der Waals surface area (Å²) in [5.41, 5.74) is 19.8. The Kier molecular flexibility index (Phi) is 19.6. The van der Waals surface area contributed by atoms with E-state index < -0.39 is 7.12 Å². The Morgan fingerprint density at radius 2 is 0.541 bits per heavy atom. The molecule has 1 aliphatic heterocycles. The van der Waals surface area contributed by atoms with Crippen molar-refractivity contribution in [3.8, 4) is 124 Å². The third-order valence-corrected chi connectivity index (χ3v) is 20.2. The molecule has 109 heavy (non-hydrogen) atoms. The molecule has 0 spiro atoms. The van der Waals surface area contributed by atoms with Crippen LogP contribution in [0.1, 0.15) is 27.7 Å². The van der Waals surface area contributed by atoms with Gasteiger partial charge in [0.2, 0.25) is 5.28 Å². The fourth-order valence-electron chi connectivity index (χ4n) is 13.8. The predicted molar refractivity (Wildman–Crippen MR) is 445 cm³/mol. The molecule has 0 N–H and O–H groups in total. The molecule has 19 rings (SSSR count). The lowest BCUT2D eigenvalue weighted by Gasteiger charge is -2.32. The van der Waals surface area contributed by atoms with Crippen molar-refractivity contribution in [1.82, 2.24) is 49.1 Å². The van der Waals surface area contributed by atoms with E-state index in [1.54, 1.807) is 0 Å². The number of hydrogen-bond acceptors (Lipinski definition) is 10. The van der Waals surface area contributed by atoms with E-state index in [4.69, 9.17) is 46.1 Å². The molecule has 0 amide bonds. The minimum absolute atomic E-state index is 0. The van der Waals surface area contributed by atoms with Gasteiger partial charge in [-0.2, -0.15) is 20.2 Å². The molecule has 3 radical (unpaired) electrons. The lowest BCUT2D eigenvalue weighted by Crippen LogP contribution is -2.41. The van der Waals surface area contributed by atoms with Gasteiger partial charge in [-0.3, -0.25) is 0 Å². The zero-order valence-electron chi connectivity index (χ0n) is 60.3. The number of benzene rings is 12. The SMILES string of the molecule is CC1(C)OB(c2ccc(-c3c(-c4ccccc4)nn4c(-c5ccccc5)cc5ccccc5c34)cc2)OC1(C)C.Clc1nc(-c2ccccc2)nc(-c2ccccc2)n1.[B].c1ccc(-c2nc(-c3ccccc3)nc(-c3ccc(-c4c(-c5ccccc5)nn5c(-c6ccccc6)cc6ccccc6c45)cc3)n2)cc1. The molecule has 0 unspecified atom stereocenters. The summed E-state index contributed by atoms with van der Waals surface area (Å²) >= 11 is 5.99. The van der Waals surface area contributed by atoms with Crippen LogP contribution in [0.4, 0.5) is 0 Å². The quantitative estimate of drug-likeness (QED) is 0.109. The second kappa shape index (κ2) is 30.4. The van der Waals surface area contributed by atoms with Gasteiger partial charge in [-0.15, -0.1) is 0 Å². The Morgan fingerprint density at radius 3 is 0.872 bits per heavy atom. The van der Waals surface area contributed by atoms with E-state index in [0.717, 1.165) is 117 Å². The molecule has 521 valence electrons. The van der Waals surface area contributed by atoms with E-state index in [-0.39, 0.29) is 24.9 Å². The van der Waals surface area contributed by atoms with E-state index in [1.165, 1.54) is 16.2 Å². The molecule has 0 saturated carbocycles. The van der Waals surface area contributed by atoms with E-state index in [0.29, 0.717) is 29.1 Å². The summed E-state index contributed by atoms with van der Waals surface area (Å²) in [6.07, 6.45) is 0. The highest BCUT2D eigenvalue weighted by molar-refractivity contribution is 6.62. The van der Waals surface area contributed by atoms with Crippen molar-refractivity contribution < 1.29 is 9.31 Å². The van der Waals surface area contributed by atoms with Crippen molar-refractivity contribution in [2.75, 3.05) is 0 Å². The Labute approximate surface area is 639 Å². The zero-order chi connectivity index (χ0) is 73.1. The number of fused-ring (bicyclic) bond motifs is 6. The number of halogens is 1. The largest absolute Gasteiger partial charge is 0.494 e. The van der Waals surface area contributed by atoms with Gasteiger partial charge in [-0.05, 0) is 78.8 Å². The molecule has 15 heteroatoms. The van der Waals surface area contributed by atoms with E-state index in [9.17, 15) is 0 Å². The maximum atomic E-state index is 6.33. The summed E-state index contributed by atoms with van der Waals surface area (Å²) in [6, 6.07) is 120.